The minimum absolute atomic E-state index is 0.395. The Kier molecular flexibility index (Phi) is 6.50. The molecule has 0 atom stereocenters. The normalized spacial score (nSPS) is 10.8. The van der Waals surface area contributed by atoms with E-state index in [1.54, 1.807) is 12.1 Å². The quantitative estimate of drug-likeness (QED) is 0.240. The van der Waals surface area contributed by atoms with Crippen LogP contribution in [0.1, 0.15) is 33.4 Å². The summed E-state index contributed by atoms with van der Waals surface area (Å²) in [6.07, 6.45) is 0.655. The number of benzene rings is 4. The molecular weight excluding hydrogens is 412 g/mol. The minimum Gasteiger partial charge on any atom is -0.340 e. The van der Waals surface area contributed by atoms with Gasteiger partial charge in [0, 0.05) is 0 Å². The second kappa shape index (κ2) is 9.49. The first-order chi connectivity index (χ1) is 15.9. The van der Waals surface area contributed by atoms with Gasteiger partial charge in [0.15, 0.2) is 11.5 Å². The van der Waals surface area contributed by atoms with Gasteiger partial charge in [-0.25, -0.2) is 10.5 Å². The highest BCUT2D eigenvalue weighted by atomic mass is 17.1. The third kappa shape index (κ3) is 5.08. The fraction of sp³-hybridized carbons (Fsp3) is 0.172. The first-order valence-electron chi connectivity index (χ1n) is 10.9. The Labute approximate surface area is 194 Å². The van der Waals surface area contributed by atoms with Crippen LogP contribution in [0, 0.1) is 27.7 Å². The summed E-state index contributed by atoms with van der Waals surface area (Å²) < 4.78 is 0. The summed E-state index contributed by atoms with van der Waals surface area (Å²) in [5, 5.41) is 18.5. The summed E-state index contributed by atoms with van der Waals surface area (Å²) in [6, 6.07) is 24.1. The molecule has 4 nitrogen and oxygen atoms in total. The first-order valence-corrected chi connectivity index (χ1v) is 10.9. The zero-order valence-electron chi connectivity index (χ0n) is 19.3. The van der Waals surface area contributed by atoms with Crippen LogP contribution in [0.3, 0.4) is 0 Å². The van der Waals surface area contributed by atoms with Crippen molar-refractivity contribution in [2.24, 2.45) is 0 Å². The highest BCUT2D eigenvalue weighted by molar-refractivity contribution is 5.74. The summed E-state index contributed by atoms with van der Waals surface area (Å²) in [5.41, 5.74) is 11.0. The van der Waals surface area contributed by atoms with E-state index in [4.69, 9.17) is 0 Å². The fourth-order valence-electron chi connectivity index (χ4n) is 4.54. The van der Waals surface area contributed by atoms with Crippen molar-refractivity contribution in [2.45, 2.75) is 34.1 Å². The van der Waals surface area contributed by atoms with Gasteiger partial charge in [-0.05, 0) is 91.8 Å². The Bertz CT molecular complexity index is 1170. The van der Waals surface area contributed by atoms with Crippen molar-refractivity contribution < 1.29 is 20.3 Å². The molecule has 0 aliphatic carbocycles. The molecule has 33 heavy (non-hydrogen) atoms. The van der Waals surface area contributed by atoms with Crippen LogP contribution in [-0.2, 0) is 6.42 Å². The van der Waals surface area contributed by atoms with E-state index in [0.29, 0.717) is 17.9 Å². The van der Waals surface area contributed by atoms with E-state index in [1.165, 1.54) is 22.3 Å². The predicted octanol–water partition coefficient (Wildman–Crippen LogP) is 7.55. The SMILES string of the molecule is Cc1cc(C)cc(-c2cc(OO)ccc2Cc2ccc(OO)cc2-c2cc(C)cc(C)c2)c1. The highest BCUT2D eigenvalue weighted by Gasteiger charge is 2.14. The fourth-order valence-corrected chi connectivity index (χ4v) is 4.54. The third-order valence-electron chi connectivity index (χ3n) is 5.82. The van der Waals surface area contributed by atoms with Crippen molar-refractivity contribution in [1.82, 2.24) is 0 Å². The maximum atomic E-state index is 9.26. The zero-order valence-corrected chi connectivity index (χ0v) is 19.3. The maximum Gasteiger partial charge on any atom is 0.165 e. The van der Waals surface area contributed by atoms with Crippen molar-refractivity contribution in [3.8, 4) is 33.8 Å². The molecule has 0 fully saturated rings. The summed E-state index contributed by atoms with van der Waals surface area (Å²) in [4.78, 5) is 9.09. The van der Waals surface area contributed by atoms with Gasteiger partial charge in [-0.2, -0.15) is 0 Å². The molecule has 0 saturated heterocycles. The van der Waals surface area contributed by atoms with E-state index in [2.05, 4.69) is 73.9 Å². The topological polar surface area (TPSA) is 58.9 Å². The molecule has 2 N–H and O–H groups in total. The summed E-state index contributed by atoms with van der Waals surface area (Å²) in [7, 11) is 0. The third-order valence-corrected chi connectivity index (χ3v) is 5.82. The van der Waals surface area contributed by atoms with Crippen molar-refractivity contribution in [3.05, 3.63) is 106 Å². The molecule has 0 bridgehead atoms. The number of rotatable bonds is 6. The Balaban J connectivity index is 1.86. The van der Waals surface area contributed by atoms with Crippen molar-refractivity contribution in [3.63, 3.8) is 0 Å². The average molecular weight is 441 g/mol. The van der Waals surface area contributed by atoms with E-state index in [-0.39, 0.29) is 0 Å². The van der Waals surface area contributed by atoms with Gasteiger partial charge in [0.1, 0.15) is 0 Å². The number of hydrogen-bond donors (Lipinski definition) is 2. The van der Waals surface area contributed by atoms with Crippen LogP contribution in [-0.4, -0.2) is 10.5 Å². The maximum absolute atomic E-state index is 9.26. The lowest BCUT2D eigenvalue weighted by Gasteiger charge is -2.16. The molecule has 0 heterocycles. The van der Waals surface area contributed by atoms with E-state index in [1.807, 2.05) is 24.3 Å². The van der Waals surface area contributed by atoms with Gasteiger partial charge in [-0.15, -0.1) is 0 Å². The van der Waals surface area contributed by atoms with Crippen molar-refractivity contribution >= 4 is 0 Å². The van der Waals surface area contributed by atoms with Gasteiger partial charge in [0.2, 0.25) is 0 Å². The van der Waals surface area contributed by atoms with Crippen molar-refractivity contribution in [1.29, 1.82) is 0 Å². The van der Waals surface area contributed by atoms with Gasteiger partial charge >= 0.3 is 0 Å². The van der Waals surface area contributed by atoms with E-state index in [0.717, 1.165) is 33.4 Å². The van der Waals surface area contributed by atoms with Crippen LogP contribution in [0.5, 0.6) is 11.5 Å². The highest BCUT2D eigenvalue weighted by Crippen LogP contribution is 2.35. The largest absolute Gasteiger partial charge is 0.340 e. The molecule has 4 heteroatoms. The summed E-state index contributed by atoms with van der Waals surface area (Å²) >= 11 is 0. The Morgan fingerprint density at radius 2 is 0.879 bits per heavy atom. The van der Waals surface area contributed by atoms with Crippen molar-refractivity contribution in [2.75, 3.05) is 0 Å². The first kappa shape index (κ1) is 22.6. The number of aryl methyl sites for hydroxylation is 4. The second-order valence-corrected chi connectivity index (χ2v) is 8.75. The molecule has 0 radical (unpaired) electrons. The molecule has 0 aliphatic heterocycles. The van der Waals surface area contributed by atoms with Crippen LogP contribution in [0.4, 0.5) is 0 Å². The molecule has 0 spiro atoms. The van der Waals surface area contributed by atoms with Crippen LogP contribution in [0.15, 0.2) is 72.8 Å². The Hall–Kier alpha value is -3.60. The van der Waals surface area contributed by atoms with E-state index in [9.17, 15) is 10.5 Å². The average Bonchev–Trinajstić information content (AvgIpc) is 2.78. The smallest absolute Gasteiger partial charge is 0.165 e. The van der Waals surface area contributed by atoms with E-state index >= 15 is 0 Å². The lowest BCUT2D eigenvalue weighted by molar-refractivity contribution is -0.137. The monoisotopic (exact) mass is 440 g/mol. The predicted molar refractivity (Wildman–Crippen MR) is 132 cm³/mol. The summed E-state index contributed by atoms with van der Waals surface area (Å²) in [6.45, 7) is 8.31. The number of hydrogen-bond acceptors (Lipinski definition) is 4. The van der Waals surface area contributed by atoms with Gasteiger partial charge in [-0.3, -0.25) is 0 Å². The van der Waals surface area contributed by atoms with Crippen LogP contribution in [0.2, 0.25) is 0 Å². The van der Waals surface area contributed by atoms with Crippen LogP contribution >= 0.6 is 0 Å². The molecule has 0 aliphatic rings. The van der Waals surface area contributed by atoms with Gasteiger partial charge < -0.3 is 9.78 Å². The molecule has 0 aromatic heterocycles. The second-order valence-electron chi connectivity index (χ2n) is 8.75. The lowest BCUT2D eigenvalue weighted by atomic mass is 9.89. The molecular formula is C29H28O4. The standard InChI is InChI=1S/C29H28O4/c1-18-9-19(2)12-24(11-18)28-16-26(32-30)7-5-22(28)15-23-6-8-27(33-31)17-29(23)25-13-20(3)10-21(4)14-25/h5-14,16-17,30-31H,15H2,1-4H3. The lowest BCUT2D eigenvalue weighted by Crippen LogP contribution is -1.98. The molecule has 4 rings (SSSR count). The molecule has 0 amide bonds. The molecule has 4 aromatic rings. The summed E-state index contributed by atoms with van der Waals surface area (Å²) in [5.74, 6) is 0.790. The zero-order chi connectivity index (χ0) is 23.5. The molecule has 0 unspecified atom stereocenters. The van der Waals surface area contributed by atoms with Gasteiger partial charge in [-0.1, -0.05) is 70.8 Å². The van der Waals surface area contributed by atoms with Crippen LogP contribution in [0.25, 0.3) is 22.3 Å². The molecule has 4 aromatic carbocycles. The van der Waals surface area contributed by atoms with Gasteiger partial charge in [0.05, 0.1) is 0 Å². The Morgan fingerprint density at radius 1 is 0.515 bits per heavy atom. The minimum atomic E-state index is 0.395. The molecule has 0 saturated carbocycles. The van der Waals surface area contributed by atoms with Gasteiger partial charge in [0.25, 0.3) is 0 Å². The Morgan fingerprint density at radius 3 is 1.21 bits per heavy atom. The molecule has 168 valence electrons. The van der Waals surface area contributed by atoms with E-state index < -0.39 is 0 Å². The van der Waals surface area contributed by atoms with Crippen LogP contribution < -0.4 is 9.78 Å².